The van der Waals surface area contributed by atoms with Gasteiger partial charge in [-0.25, -0.2) is 0 Å². The van der Waals surface area contributed by atoms with Gasteiger partial charge in [-0.15, -0.1) is 0 Å². The lowest BCUT2D eigenvalue weighted by Crippen LogP contribution is -2.30. The van der Waals surface area contributed by atoms with Gasteiger partial charge in [0.1, 0.15) is 0 Å². The van der Waals surface area contributed by atoms with Crippen molar-refractivity contribution in [3.8, 4) is 11.5 Å². The average molecular weight is 392 g/mol. The second kappa shape index (κ2) is 9.80. The van der Waals surface area contributed by atoms with Gasteiger partial charge in [-0.2, -0.15) is 8.78 Å². The molecule has 0 spiro atoms. The molecule has 0 saturated carbocycles. The number of amides is 1. The number of carbonyl (C=O) groups excluding carboxylic acids is 2. The highest BCUT2D eigenvalue weighted by molar-refractivity contribution is 6.04. The Bertz CT molecular complexity index is 843. The standard InChI is InChI=1S/C20H22F2N2O4/c1-13(25)15-6-4-5-7-16(15)23-19(26)12-24(2)11-14-8-9-17(27-3)18(10-14)28-20(21)22/h4-10,20H,11-12H2,1-3H3,(H,23,26). The maximum atomic E-state index is 12.5. The molecule has 0 unspecified atom stereocenters. The number of rotatable bonds is 9. The first-order chi connectivity index (χ1) is 13.3. The SMILES string of the molecule is COc1ccc(CN(C)CC(=O)Nc2ccccc2C(C)=O)cc1OC(F)F. The summed E-state index contributed by atoms with van der Waals surface area (Å²) in [5.41, 5.74) is 1.56. The summed E-state index contributed by atoms with van der Waals surface area (Å²) < 4.78 is 34.5. The molecule has 2 rings (SSSR count). The van der Waals surface area contributed by atoms with E-state index in [1.807, 2.05) is 0 Å². The van der Waals surface area contributed by atoms with E-state index in [-0.39, 0.29) is 29.7 Å². The van der Waals surface area contributed by atoms with Gasteiger partial charge >= 0.3 is 6.61 Å². The molecular weight excluding hydrogens is 370 g/mol. The summed E-state index contributed by atoms with van der Waals surface area (Å²) in [6.07, 6.45) is 0. The number of hydrogen-bond acceptors (Lipinski definition) is 5. The number of halogens is 2. The second-order valence-electron chi connectivity index (χ2n) is 6.19. The number of nitrogens with one attached hydrogen (secondary N) is 1. The quantitative estimate of drug-likeness (QED) is 0.661. The Morgan fingerprint density at radius 2 is 1.86 bits per heavy atom. The summed E-state index contributed by atoms with van der Waals surface area (Å²) in [5.74, 6) is -0.309. The van der Waals surface area contributed by atoms with E-state index in [4.69, 9.17) is 4.74 Å². The third-order valence-corrected chi connectivity index (χ3v) is 3.89. The molecule has 0 aliphatic rings. The van der Waals surface area contributed by atoms with Gasteiger partial charge in [0.15, 0.2) is 17.3 Å². The van der Waals surface area contributed by atoms with E-state index in [9.17, 15) is 18.4 Å². The number of ether oxygens (including phenoxy) is 2. The fourth-order valence-corrected chi connectivity index (χ4v) is 2.71. The highest BCUT2D eigenvalue weighted by Gasteiger charge is 2.14. The average Bonchev–Trinajstić information content (AvgIpc) is 2.61. The van der Waals surface area contributed by atoms with Crippen LogP contribution >= 0.6 is 0 Å². The Balaban J connectivity index is 2.01. The first-order valence-electron chi connectivity index (χ1n) is 8.50. The lowest BCUT2D eigenvalue weighted by Gasteiger charge is -2.18. The lowest BCUT2D eigenvalue weighted by molar-refractivity contribution is -0.117. The third kappa shape index (κ3) is 6.02. The van der Waals surface area contributed by atoms with Crippen molar-refractivity contribution in [2.24, 2.45) is 0 Å². The van der Waals surface area contributed by atoms with Crippen molar-refractivity contribution >= 4 is 17.4 Å². The Labute approximate surface area is 162 Å². The number of ketones is 1. The van der Waals surface area contributed by atoms with E-state index in [1.54, 1.807) is 42.3 Å². The number of anilines is 1. The molecule has 0 fully saturated rings. The highest BCUT2D eigenvalue weighted by Crippen LogP contribution is 2.29. The van der Waals surface area contributed by atoms with E-state index >= 15 is 0 Å². The zero-order chi connectivity index (χ0) is 20.7. The van der Waals surface area contributed by atoms with Crippen LogP contribution in [0.4, 0.5) is 14.5 Å². The van der Waals surface area contributed by atoms with Gasteiger partial charge in [0, 0.05) is 12.1 Å². The molecule has 0 atom stereocenters. The molecule has 150 valence electrons. The number of Topliss-reactive ketones (excluding diaryl/α,β-unsaturated/α-hetero) is 1. The predicted molar refractivity (Wildman–Crippen MR) is 101 cm³/mol. The van der Waals surface area contributed by atoms with Crippen LogP contribution in [0.3, 0.4) is 0 Å². The zero-order valence-corrected chi connectivity index (χ0v) is 15.9. The van der Waals surface area contributed by atoms with Crippen LogP contribution in [0.1, 0.15) is 22.8 Å². The van der Waals surface area contributed by atoms with Crippen molar-refractivity contribution < 1.29 is 27.8 Å². The molecule has 0 saturated heterocycles. The molecule has 0 aromatic heterocycles. The molecule has 8 heteroatoms. The minimum atomic E-state index is -2.96. The van der Waals surface area contributed by atoms with Crippen molar-refractivity contribution in [1.82, 2.24) is 4.90 Å². The number of likely N-dealkylation sites (N-methyl/N-ethyl adjacent to an activating group) is 1. The van der Waals surface area contributed by atoms with Crippen LogP contribution in [-0.4, -0.2) is 43.9 Å². The van der Waals surface area contributed by atoms with Crippen molar-refractivity contribution in [3.05, 3.63) is 53.6 Å². The van der Waals surface area contributed by atoms with Crippen LogP contribution in [0.25, 0.3) is 0 Å². The molecule has 0 heterocycles. The van der Waals surface area contributed by atoms with Crippen LogP contribution in [0.2, 0.25) is 0 Å². The van der Waals surface area contributed by atoms with Gasteiger partial charge in [0.05, 0.1) is 19.3 Å². The molecule has 1 N–H and O–H groups in total. The predicted octanol–water partition coefficient (Wildman–Crippen LogP) is 3.57. The van der Waals surface area contributed by atoms with Gasteiger partial charge in [-0.05, 0) is 43.8 Å². The molecule has 28 heavy (non-hydrogen) atoms. The number of carbonyl (C=O) groups is 2. The molecule has 1 amide bonds. The smallest absolute Gasteiger partial charge is 0.387 e. The van der Waals surface area contributed by atoms with Gasteiger partial charge < -0.3 is 14.8 Å². The number of benzene rings is 2. The van der Waals surface area contributed by atoms with Crippen LogP contribution in [0.15, 0.2) is 42.5 Å². The first kappa shape index (κ1) is 21.3. The summed E-state index contributed by atoms with van der Waals surface area (Å²) in [7, 11) is 3.08. The normalized spacial score (nSPS) is 10.8. The molecule has 0 aliphatic carbocycles. The third-order valence-electron chi connectivity index (χ3n) is 3.89. The maximum absolute atomic E-state index is 12.5. The number of para-hydroxylation sites is 1. The minimum Gasteiger partial charge on any atom is -0.493 e. The topological polar surface area (TPSA) is 67.9 Å². The largest absolute Gasteiger partial charge is 0.493 e. The Morgan fingerprint density at radius 1 is 1.14 bits per heavy atom. The highest BCUT2D eigenvalue weighted by atomic mass is 19.3. The van der Waals surface area contributed by atoms with Gasteiger partial charge in [0.25, 0.3) is 0 Å². The maximum Gasteiger partial charge on any atom is 0.387 e. The second-order valence-corrected chi connectivity index (χ2v) is 6.19. The zero-order valence-electron chi connectivity index (χ0n) is 15.9. The number of nitrogens with zero attached hydrogens (tertiary/aromatic N) is 1. The molecule has 0 bridgehead atoms. The Kier molecular flexibility index (Phi) is 7.45. The number of alkyl halides is 2. The van der Waals surface area contributed by atoms with E-state index in [1.165, 1.54) is 26.2 Å². The summed E-state index contributed by atoms with van der Waals surface area (Å²) in [6.45, 7) is -1.16. The van der Waals surface area contributed by atoms with Crippen molar-refractivity contribution in [3.63, 3.8) is 0 Å². The van der Waals surface area contributed by atoms with Crippen LogP contribution < -0.4 is 14.8 Å². The first-order valence-corrected chi connectivity index (χ1v) is 8.50. The lowest BCUT2D eigenvalue weighted by atomic mass is 10.1. The summed E-state index contributed by atoms with van der Waals surface area (Å²) in [5, 5.41) is 2.72. The Hall–Kier alpha value is -3.00. The van der Waals surface area contributed by atoms with Crippen molar-refractivity contribution in [2.75, 3.05) is 26.0 Å². The summed E-state index contributed by atoms with van der Waals surface area (Å²) >= 11 is 0. The fourth-order valence-electron chi connectivity index (χ4n) is 2.71. The molecule has 2 aromatic carbocycles. The summed E-state index contributed by atoms with van der Waals surface area (Å²) in [6, 6.07) is 11.4. The van der Waals surface area contributed by atoms with Crippen molar-refractivity contribution in [2.45, 2.75) is 20.1 Å². The summed E-state index contributed by atoms with van der Waals surface area (Å²) in [4.78, 5) is 25.6. The van der Waals surface area contributed by atoms with E-state index in [0.717, 1.165) is 0 Å². The molecule has 0 aliphatic heterocycles. The van der Waals surface area contributed by atoms with Crippen LogP contribution in [0, 0.1) is 0 Å². The van der Waals surface area contributed by atoms with Gasteiger partial charge in [0.2, 0.25) is 5.91 Å². The van der Waals surface area contributed by atoms with Crippen molar-refractivity contribution in [1.29, 1.82) is 0 Å². The van der Waals surface area contributed by atoms with Gasteiger partial charge in [-0.3, -0.25) is 14.5 Å². The number of methoxy groups -OCH3 is 1. The minimum absolute atomic E-state index is 0.0449. The Morgan fingerprint density at radius 3 is 2.50 bits per heavy atom. The molecule has 6 nitrogen and oxygen atoms in total. The molecule has 2 aromatic rings. The van der Waals surface area contributed by atoms with E-state index < -0.39 is 6.61 Å². The van der Waals surface area contributed by atoms with E-state index in [2.05, 4.69) is 10.1 Å². The van der Waals surface area contributed by atoms with E-state index in [0.29, 0.717) is 23.4 Å². The molecular formula is C20H22F2N2O4. The van der Waals surface area contributed by atoms with Gasteiger partial charge in [-0.1, -0.05) is 18.2 Å². The monoisotopic (exact) mass is 392 g/mol. The molecule has 0 radical (unpaired) electrons. The number of hydrogen-bond donors (Lipinski definition) is 1. The van der Waals surface area contributed by atoms with Crippen LogP contribution in [0.5, 0.6) is 11.5 Å². The van der Waals surface area contributed by atoms with Crippen LogP contribution in [-0.2, 0) is 11.3 Å². The fraction of sp³-hybridized carbons (Fsp3) is 0.300.